The van der Waals surface area contributed by atoms with E-state index in [0.717, 1.165) is 44.3 Å². The second-order valence-electron chi connectivity index (χ2n) is 7.83. The van der Waals surface area contributed by atoms with Gasteiger partial charge in [-0.2, -0.15) is 0 Å². The zero-order chi connectivity index (χ0) is 18.4. The maximum Gasteiger partial charge on any atom is 0.220 e. The third-order valence-electron chi connectivity index (χ3n) is 6.14. The summed E-state index contributed by atoms with van der Waals surface area (Å²) in [7, 11) is 1.72. The zero-order valence-corrected chi connectivity index (χ0v) is 15.9. The topological polar surface area (TPSA) is 35.6 Å². The number of hydrogen-bond acceptors (Lipinski definition) is 3. The van der Waals surface area contributed by atoms with E-state index in [2.05, 4.69) is 15.1 Å². The third kappa shape index (κ3) is 5.19. The van der Waals surface area contributed by atoms with Gasteiger partial charge < -0.3 is 10.2 Å². The van der Waals surface area contributed by atoms with Crippen molar-refractivity contribution in [1.29, 1.82) is 0 Å². The fourth-order valence-corrected chi connectivity index (χ4v) is 4.37. The average Bonchev–Trinajstić information content (AvgIpc) is 2.68. The van der Waals surface area contributed by atoms with Crippen molar-refractivity contribution in [3.8, 4) is 0 Å². The molecule has 1 amide bonds. The zero-order valence-electron chi connectivity index (χ0n) is 15.9. The van der Waals surface area contributed by atoms with Crippen LogP contribution in [0.5, 0.6) is 0 Å². The Morgan fingerprint density at radius 2 is 1.73 bits per heavy atom. The lowest BCUT2D eigenvalue weighted by Gasteiger charge is -2.37. The van der Waals surface area contributed by atoms with Gasteiger partial charge >= 0.3 is 0 Å². The first-order valence-corrected chi connectivity index (χ1v) is 10.1. The number of hydrogen-bond donors (Lipinski definition) is 1. The minimum atomic E-state index is -0.116. The van der Waals surface area contributed by atoms with Gasteiger partial charge in [0.25, 0.3) is 0 Å². The van der Waals surface area contributed by atoms with Crippen LogP contribution in [0.2, 0.25) is 0 Å². The molecule has 0 radical (unpaired) electrons. The molecule has 0 atom stereocenters. The summed E-state index contributed by atoms with van der Waals surface area (Å²) in [6, 6.07) is 7.08. The van der Waals surface area contributed by atoms with Crippen molar-refractivity contribution in [2.24, 2.45) is 11.8 Å². The average molecular weight is 362 g/mol. The maximum atomic E-state index is 13.9. The highest BCUT2D eigenvalue weighted by Crippen LogP contribution is 2.32. The number of nitrogens with one attached hydrogen (secondary N) is 1. The predicted octanol–water partition coefficient (Wildman–Crippen LogP) is 3.28. The fraction of sp³-hybridized carbons (Fsp3) is 0.667. The van der Waals surface area contributed by atoms with E-state index >= 15 is 0 Å². The van der Waals surface area contributed by atoms with Crippen LogP contribution in [0.15, 0.2) is 24.3 Å². The summed E-state index contributed by atoms with van der Waals surface area (Å²) < 4.78 is 13.9. The molecule has 0 bridgehead atoms. The molecule has 2 fully saturated rings. The number of piperazine rings is 1. The molecule has 1 aromatic carbocycles. The highest BCUT2D eigenvalue weighted by molar-refractivity contribution is 5.75. The first kappa shape index (κ1) is 19.2. The lowest BCUT2D eigenvalue weighted by Crippen LogP contribution is -2.47. The van der Waals surface area contributed by atoms with Gasteiger partial charge in [0.05, 0.1) is 5.69 Å². The van der Waals surface area contributed by atoms with E-state index in [4.69, 9.17) is 0 Å². The van der Waals surface area contributed by atoms with E-state index in [1.54, 1.807) is 19.2 Å². The van der Waals surface area contributed by atoms with E-state index in [0.29, 0.717) is 12.3 Å². The van der Waals surface area contributed by atoms with E-state index in [1.807, 2.05) is 12.1 Å². The third-order valence-corrected chi connectivity index (χ3v) is 6.14. The summed E-state index contributed by atoms with van der Waals surface area (Å²) in [5.41, 5.74) is 0.738. The highest BCUT2D eigenvalue weighted by Gasteiger charge is 2.24. The minimum Gasteiger partial charge on any atom is -0.367 e. The Morgan fingerprint density at radius 1 is 1.08 bits per heavy atom. The summed E-state index contributed by atoms with van der Waals surface area (Å²) in [6.45, 7) is 4.98. The van der Waals surface area contributed by atoms with Crippen LogP contribution in [0.1, 0.15) is 38.5 Å². The van der Waals surface area contributed by atoms with Crippen molar-refractivity contribution < 1.29 is 9.18 Å². The molecule has 4 nitrogen and oxygen atoms in total. The summed E-state index contributed by atoms with van der Waals surface area (Å²) in [5, 5.41) is 2.74. The van der Waals surface area contributed by atoms with Crippen LogP contribution >= 0.6 is 0 Å². The number of carbonyl (C=O) groups excluding carboxylic acids is 1. The minimum absolute atomic E-state index is 0.116. The second kappa shape index (κ2) is 9.36. The highest BCUT2D eigenvalue weighted by atomic mass is 19.1. The normalized spacial score (nSPS) is 24.5. The van der Waals surface area contributed by atoms with Crippen molar-refractivity contribution in [2.75, 3.05) is 44.7 Å². The Balaban J connectivity index is 1.35. The molecule has 26 heavy (non-hydrogen) atoms. The standard InChI is InChI=1S/C21H32FN3O/c1-23-21(26)16-18-8-6-17(7-9-18)10-11-24-12-14-25(15-13-24)20-5-3-2-4-19(20)22/h2-5,17-18H,6-16H2,1H3,(H,23,26). The number of para-hydroxylation sites is 1. The smallest absolute Gasteiger partial charge is 0.220 e. The molecule has 1 N–H and O–H groups in total. The summed E-state index contributed by atoms with van der Waals surface area (Å²) >= 11 is 0. The Labute approximate surface area is 156 Å². The van der Waals surface area contributed by atoms with Gasteiger partial charge in [0.15, 0.2) is 0 Å². The van der Waals surface area contributed by atoms with Gasteiger partial charge in [-0.15, -0.1) is 0 Å². The molecule has 1 saturated heterocycles. The van der Waals surface area contributed by atoms with Crippen molar-refractivity contribution in [3.63, 3.8) is 0 Å². The van der Waals surface area contributed by atoms with E-state index in [1.165, 1.54) is 32.1 Å². The molecule has 2 aliphatic rings. The van der Waals surface area contributed by atoms with Gasteiger partial charge in [0.1, 0.15) is 5.82 Å². The summed E-state index contributed by atoms with van der Waals surface area (Å²) in [6.07, 6.45) is 6.86. The van der Waals surface area contributed by atoms with E-state index < -0.39 is 0 Å². The molecule has 1 heterocycles. The molecule has 5 heteroatoms. The molecule has 144 valence electrons. The molecule has 0 aromatic heterocycles. The molecule has 1 aliphatic carbocycles. The number of nitrogens with zero attached hydrogens (tertiary/aromatic N) is 2. The first-order chi connectivity index (χ1) is 12.7. The first-order valence-electron chi connectivity index (χ1n) is 10.1. The largest absolute Gasteiger partial charge is 0.367 e. The van der Waals surface area contributed by atoms with E-state index in [-0.39, 0.29) is 11.7 Å². The molecular weight excluding hydrogens is 329 g/mol. The van der Waals surface area contributed by atoms with Gasteiger partial charge in [-0.05, 0) is 49.8 Å². The van der Waals surface area contributed by atoms with Crippen LogP contribution in [-0.2, 0) is 4.79 Å². The van der Waals surface area contributed by atoms with Crippen molar-refractivity contribution >= 4 is 11.6 Å². The predicted molar refractivity (Wildman–Crippen MR) is 104 cm³/mol. The van der Waals surface area contributed by atoms with Crippen molar-refractivity contribution in [2.45, 2.75) is 38.5 Å². The van der Waals surface area contributed by atoms with Gasteiger partial charge in [0.2, 0.25) is 5.91 Å². The Hall–Kier alpha value is -1.62. The SMILES string of the molecule is CNC(=O)CC1CCC(CCN2CCN(c3ccccc3F)CC2)CC1. The Kier molecular flexibility index (Phi) is 6.89. The summed E-state index contributed by atoms with van der Waals surface area (Å²) in [4.78, 5) is 16.2. The fourth-order valence-electron chi connectivity index (χ4n) is 4.37. The number of benzene rings is 1. The van der Waals surface area contributed by atoms with Gasteiger partial charge in [0, 0.05) is 39.6 Å². The van der Waals surface area contributed by atoms with Crippen LogP contribution in [0.25, 0.3) is 0 Å². The quantitative estimate of drug-likeness (QED) is 0.845. The lowest BCUT2D eigenvalue weighted by molar-refractivity contribution is -0.121. The Bertz CT molecular complexity index is 578. The number of rotatable bonds is 6. The van der Waals surface area contributed by atoms with Crippen molar-refractivity contribution in [3.05, 3.63) is 30.1 Å². The molecule has 0 unspecified atom stereocenters. The van der Waals surface area contributed by atoms with Crippen LogP contribution in [0.4, 0.5) is 10.1 Å². The number of carbonyl (C=O) groups is 1. The lowest BCUT2D eigenvalue weighted by atomic mass is 9.79. The van der Waals surface area contributed by atoms with Crippen LogP contribution in [0, 0.1) is 17.7 Å². The molecule has 0 spiro atoms. The molecule has 3 rings (SSSR count). The molecule has 1 saturated carbocycles. The molecule has 1 aromatic rings. The number of amides is 1. The van der Waals surface area contributed by atoms with Crippen molar-refractivity contribution in [1.82, 2.24) is 10.2 Å². The van der Waals surface area contributed by atoms with Crippen LogP contribution in [0.3, 0.4) is 0 Å². The van der Waals surface area contributed by atoms with Crippen LogP contribution in [-0.4, -0.2) is 50.6 Å². The Morgan fingerprint density at radius 3 is 2.38 bits per heavy atom. The van der Waals surface area contributed by atoms with Gasteiger partial charge in [-0.1, -0.05) is 25.0 Å². The summed E-state index contributed by atoms with van der Waals surface area (Å²) in [5.74, 6) is 1.45. The van der Waals surface area contributed by atoms with Gasteiger partial charge in [-0.3, -0.25) is 9.69 Å². The monoisotopic (exact) mass is 361 g/mol. The maximum absolute atomic E-state index is 13.9. The number of anilines is 1. The second-order valence-corrected chi connectivity index (χ2v) is 7.83. The molecule has 1 aliphatic heterocycles. The van der Waals surface area contributed by atoms with Crippen LogP contribution < -0.4 is 10.2 Å². The van der Waals surface area contributed by atoms with Gasteiger partial charge in [-0.25, -0.2) is 4.39 Å². The molecular formula is C21H32FN3O. The van der Waals surface area contributed by atoms with E-state index in [9.17, 15) is 9.18 Å². The number of halogens is 1.